The maximum absolute atomic E-state index is 5.53. The first kappa shape index (κ1) is 5.35. The first-order valence-electron chi connectivity index (χ1n) is 2.36. The average Bonchev–Trinajstić information content (AvgIpc) is 1.69. The first-order valence-corrected chi connectivity index (χ1v) is 2.79. The van der Waals surface area contributed by atoms with Gasteiger partial charge < -0.3 is 10.1 Å². The van der Waals surface area contributed by atoms with Gasteiger partial charge in [-0.1, -0.05) is 11.6 Å². The molecule has 0 bridgehead atoms. The fourth-order valence-corrected chi connectivity index (χ4v) is 0.732. The van der Waals surface area contributed by atoms with E-state index in [0.29, 0.717) is 0 Å². The number of rotatable bonds is 0. The zero-order valence-corrected chi connectivity index (χ0v) is 4.74. The number of morpholine rings is 1. The second-order valence-corrected chi connectivity index (χ2v) is 1.97. The Morgan fingerprint density at radius 2 is 2.57 bits per heavy atom. The highest BCUT2D eigenvalue weighted by Gasteiger charge is 2.07. The van der Waals surface area contributed by atoms with E-state index in [1.165, 1.54) is 0 Å². The molecule has 1 saturated heterocycles. The van der Waals surface area contributed by atoms with E-state index in [2.05, 4.69) is 5.32 Å². The fraction of sp³-hybridized carbons (Fsp3) is 1.00. The van der Waals surface area contributed by atoms with Gasteiger partial charge in [0.2, 0.25) is 0 Å². The molecule has 0 aromatic carbocycles. The number of halogens is 1. The van der Waals surface area contributed by atoms with E-state index in [4.69, 9.17) is 16.3 Å². The molecule has 42 valence electrons. The lowest BCUT2D eigenvalue weighted by Gasteiger charge is -2.17. The highest BCUT2D eigenvalue weighted by atomic mass is 35.5. The molecule has 1 unspecified atom stereocenters. The Bertz CT molecular complexity index is 53.7. The summed E-state index contributed by atoms with van der Waals surface area (Å²) in [6, 6.07) is 0. The van der Waals surface area contributed by atoms with Crippen molar-refractivity contribution in [1.29, 1.82) is 0 Å². The average molecular weight is 122 g/mol. The normalized spacial score (nSPS) is 33.0. The van der Waals surface area contributed by atoms with Crippen LogP contribution in [0.4, 0.5) is 0 Å². The molecule has 0 saturated carbocycles. The van der Waals surface area contributed by atoms with Crippen LogP contribution < -0.4 is 5.32 Å². The third kappa shape index (κ3) is 1.63. The number of ether oxygens (including phenoxy) is 1. The van der Waals surface area contributed by atoms with Crippen LogP contribution in [0.25, 0.3) is 0 Å². The van der Waals surface area contributed by atoms with Crippen LogP contribution in [0, 0.1) is 0 Å². The van der Waals surface area contributed by atoms with Crippen LogP contribution in [-0.2, 0) is 4.74 Å². The van der Waals surface area contributed by atoms with Gasteiger partial charge in [0.25, 0.3) is 0 Å². The standard InChI is InChI=1S/C4H8ClNO/c5-4-3-6-1-2-7-4/h4,6H,1-3H2. The summed E-state index contributed by atoms with van der Waals surface area (Å²) >= 11 is 5.53. The predicted octanol–water partition coefficient (Wildman–Crippen LogP) is 0.171. The van der Waals surface area contributed by atoms with Gasteiger partial charge in [0, 0.05) is 13.1 Å². The molecule has 7 heavy (non-hydrogen) atoms. The van der Waals surface area contributed by atoms with Crippen molar-refractivity contribution in [1.82, 2.24) is 5.32 Å². The molecule has 0 spiro atoms. The molecule has 1 aliphatic rings. The van der Waals surface area contributed by atoms with Gasteiger partial charge in [-0.2, -0.15) is 0 Å². The molecule has 0 aromatic heterocycles. The van der Waals surface area contributed by atoms with Gasteiger partial charge in [-0.05, 0) is 0 Å². The Labute approximate surface area is 47.8 Å². The molecular weight excluding hydrogens is 114 g/mol. The van der Waals surface area contributed by atoms with Crippen molar-refractivity contribution in [3.63, 3.8) is 0 Å². The van der Waals surface area contributed by atoms with E-state index in [-0.39, 0.29) is 5.56 Å². The summed E-state index contributed by atoms with van der Waals surface area (Å²) in [4.78, 5) is 0. The summed E-state index contributed by atoms with van der Waals surface area (Å²) in [5.74, 6) is 0. The van der Waals surface area contributed by atoms with Crippen LogP contribution in [0.15, 0.2) is 0 Å². The van der Waals surface area contributed by atoms with Crippen molar-refractivity contribution in [3.05, 3.63) is 0 Å². The third-order valence-electron chi connectivity index (χ3n) is 0.882. The van der Waals surface area contributed by atoms with Crippen LogP contribution in [0.5, 0.6) is 0 Å². The number of hydrogen-bond donors (Lipinski definition) is 1. The lowest BCUT2D eigenvalue weighted by Crippen LogP contribution is -2.35. The maximum atomic E-state index is 5.53. The predicted molar refractivity (Wildman–Crippen MR) is 28.5 cm³/mol. The minimum Gasteiger partial charge on any atom is -0.360 e. The van der Waals surface area contributed by atoms with E-state index in [1.54, 1.807) is 0 Å². The van der Waals surface area contributed by atoms with Gasteiger partial charge in [0.1, 0.15) is 5.56 Å². The van der Waals surface area contributed by atoms with E-state index >= 15 is 0 Å². The van der Waals surface area contributed by atoms with Gasteiger partial charge in [0.15, 0.2) is 0 Å². The van der Waals surface area contributed by atoms with Crippen LogP contribution >= 0.6 is 11.6 Å². The van der Waals surface area contributed by atoms with E-state index < -0.39 is 0 Å². The van der Waals surface area contributed by atoms with E-state index in [1.807, 2.05) is 0 Å². The number of alkyl halides is 1. The van der Waals surface area contributed by atoms with Gasteiger partial charge in [-0.3, -0.25) is 0 Å². The Morgan fingerprint density at radius 1 is 1.71 bits per heavy atom. The Balaban J connectivity index is 2.12. The zero-order chi connectivity index (χ0) is 5.11. The Morgan fingerprint density at radius 3 is 2.86 bits per heavy atom. The summed E-state index contributed by atoms with van der Waals surface area (Å²) in [7, 11) is 0. The topological polar surface area (TPSA) is 21.3 Å². The van der Waals surface area contributed by atoms with Crippen molar-refractivity contribution in [2.24, 2.45) is 0 Å². The SMILES string of the molecule is ClC1CNCCO1. The zero-order valence-electron chi connectivity index (χ0n) is 3.98. The minimum atomic E-state index is -0.103. The quantitative estimate of drug-likeness (QED) is 0.462. The molecule has 0 aromatic rings. The molecular formula is C4H8ClNO. The monoisotopic (exact) mass is 121 g/mol. The van der Waals surface area contributed by atoms with E-state index in [9.17, 15) is 0 Å². The summed E-state index contributed by atoms with van der Waals surface area (Å²) in [6.07, 6.45) is 0. The van der Waals surface area contributed by atoms with Crippen molar-refractivity contribution in [3.8, 4) is 0 Å². The smallest absolute Gasteiger partial charge is 0.143 e. The number of nitrogens with one attached hydrogen (secondary N) is 1. The molecule has 1 atom stereocenters. The highest BCUT2D eigenvalue weighted by Crippen LogP contribution is 1.98. The summed E-state index contributed by atoms with van der Waals surface area (Å²) < 4.78 is 4.98. The molecule has 1 fully saturated rings. The Kier molecular flexibility index (Phi) is 1.91. The lowest BCUT2D eigenvalue weighted by atomic mass is 10.5. The van der Waals surface area contributed by atoms with Crippen LogP contribution in [0.1, 0.15) is 0 Å². The van der Waals surface area contributed by atoms with E-state index in [0.717, 1.165) is 19.7 Å². The molecule has 0 aliphatic carbocycles. The number of hydrogen-bond acceptors (Lipinski definition) is 2. The van der Waals surface area contributed by atoms with Crippen molar-refractivity contribution in [2.45, 2.75) is 5.56 Å². The second kappa shape index (κ2) is 2.50. The van der Waals surface area contributed by atoms with Crippen molar-refractivity contribution < 1.29 is 4.74 Å². The maximum Gasteiger partial charge on any atom is 0.143 e. The Hall–Kier alpha value is 0.210. The first-order chi connectivity index (χ1) is 3.39. The molecule has 2 nitrogen and oxygen atoms in total. The third-order valence-corrected chi connectivity index (χ3v) is 1.16. The lowest BCUT2D eigenvalue weighted by molar-refractivity contribution is 0.0804. The van der Waals surface area contributed by atoms with Crippen LogP contribution in [-0.4, -0.2) is 25.3 Å². The largest absolute Gasteiger partial charge is 0.360 e. The molecule has 0 radical (unpaired) electrons. The fourth-order valence-electron chi connectivity index (χ4n) is 0.533. The van der Waals surface area contributed by atoms with Gasteiger partial charge in [-0.25, -0.2) is 0 Å². The van der Waals surface area contributed by atoms with Crippen molar-refractivity contribution >= 4 is 11.6 Å². The van der Waals surface area contributed by atoms with Gasteiger partial charge in [-0.15, -0.1) is 0 Å². The molecule has 1 heterocycles. The molecule has 1 rings (SSSR count). The minimum absolute atomic E-state index is 0.103. The molecule has 3 heteroatoms. The van der Waals surface area contributed by atoms with Gasteiger partial charge in [0.05, 0.1) is 6.61 Å². The summed E-state index contributed by atoms with van der Waals surface area (Å²) in [6.45, 7) is 2.46. The van der Waals surface area contributed by atoms with Crippen molar-refractivity contribution in [2.75, 3.05) is 19.7 Å². The molecule has 1 aliphatic heterocycles. The summed E-state index contributed by atoms with van der Waals surface area (Å²) in [5.41, 5.74) is -0.103. The molecule has 1 N–H and O–H groups in total. The molecule has 0 amide bonds. The van der Waals surface area contributed by atoms with Crippen LogP contribution in [0.3, 0.4) is 0 Å². The van der Waals surface area contributed by atoms with Crippen LogP contribution in [0.2, 0.25) is 0 Å². The second-order valence-electron chi connectivity index (χ2n) is 1.48. The summed E-state index contributed by atoms with van der Waals surface area (Å²) in [5, 5.41) is 3.08. The highest BCUT2D eigenvalue weighted by molar-refractivity contribution is 6.19. The van der Waals surface area contributed by atoms with Gasteiger partial charge >= 0.3 is 0 Å².